The lowest BCUT2D eigenvalue weighted by atomic mass is 9.98. The number of rotatable bonds is 3. The van der Waals surface area contributed by atoms with Gasteiger partial charge in [0, 0.05) is 19.6 Å². The SMILES string of the molecule is CN1CCC(CNC(=O)C2CCCNC2)C1.Cl.Cl. The summed E-state index contributed by atoms with van der Waals surface area (Å²) < 4.78 is 0. The van der Waals surface area contributed by atoms with Crippen LogP contribution in [0.3, 0.4) is 0 Å². The van der Waals surface area contributed by atoms with Crippen molar-refractivity contribution in [2.24, 2.45) is 11.8 Å². The van der Waals surface area contributed by atoms with Gasteiger partial charge in [0.1, 0.15) is 0 Å². The maximum atomic E-state index is 11.9. The molecule has 0 aliphatic carbocycles. The second-order valence-corrected chi connectivity index (χ2v) is 5.21. The number of hydrogen-bond donors (Lipinski definition) is 2. The lowest BCUT2D eigenvalue weighted by Crippen LogP contribution is -2.42. The van der Waals surface area contributed by atoms with Gasteiger partial charge in [0.05, 0.1) is 5.92 Å². The number of hydrogen-bond acceptors (Lipinski definition) is 3. The average Bonchev–Trinajstić information content (AvgIpc) is 2.73. The summed E-state index contributed by atoms with van der Waals surface area (Å²) in [4.78, 5) is 14.2. The molecule has 2 aliphatic rings. The van der Waals surface area contributed by atoms with Gasteiger partial charge < -0.3 is 15.5 Å². The highest BCUT2D eigenvalue weighted by atomic mass is 35.5. The highest BCUT2D eigenvalue weighted by Crippen LogP contribution is 2.14. The van der Waals surface area contributed by atoms with Crippen LogP contribution in [0.2, 0.25) is 0 Å². The summed E-state index contributed by atoms with van der Waals surface area (Å²) in [6.45, 7) is 5.09. The smallest absolute Gasteiger partial charge is 0.224 e. The van der Waals surface area contributed by atoms with E-state index in [1.165, 1.54) is 13.0 Å². The zero-order valence-electron chi connectivity index (χ0n) is 11.0. The second kappa shape index (κ2) is 8.97. The Balaban J connectivity index is 0.00000144. The topological polar surface area (TPSA) is 44.4 Å². The minimum absolute atomic E-state index is 0. The summed E-state index contributed by atoms with van der Waals surface area (Å²) in [6, 6.07) is 0. The van der Waals surface area contributed by atoms with E-state index in [0.29, 0.717) is 5.92 Å². The Labute approximate surface area is 122 Å². The van der Waals surface area contributed by atoms with Crippen molar-refractivity contribution >= 4 is 30.7 Å². The van der Waals surface area contributed by atoms with Crippen molar-refractivity contribution in [3.63, 3.8) is 0 Å². The maximum Gasteiger partial charge on any atom is 0.224 e. The van der Waals surface area contributed by atoms with E-state index in [0.717, 1.165) is 39.0 Å². The first-order valence-corrected chi connectivity index (χ1v) is 6.42. The van der Waals surface area contributed by atoms with Crippen molar-refractivity contribution in [1.82, 2.24) is 15.5 Å². The van der Waals surface area contributed by atoms with E-state index in [9.17, 15) is 4.79 Å². The normalized spacial score (nSPS) is 28.1. The monoisotopic (exact) mass is 297 g/mol. The average molecular weight is 298 g/mol. The summed E-state index contributed by atoms with van der Waals surface area (Å²) >= 11 is 0. The van der Waals surface area contributed by atoms with E-state index in [1.54, 1.807) is 0 Å². The zero-order chi connectivity index (χ0) is 11.4. The molecule has 2 fully saturated rings. The summed E-state index contributed by atoms with van der Waals surface area (Å²) in [7, 11) is 2.15. The third kappa shape index (κ3) is 5.31. The first kappa shape index (κ1) is 18.0. The van der Waals surface area contributed by atoms with E-state index in [-0.39, 0.29) is 36.6 Å². The molecular weight excluding hydrogens is 273 g/mol. The predicted molar refractivity (Wildman–Crippen MR) is 78.7 cm³/mol. The molecule has 2 unspecified atom stereocenters. The lowest BCUT2D eigenvalue weighted by Gasteiger charge is -2.22. The number of nitrogens with one attached hydrogen (secondary N) is 2. The quantitative estimate of drug-likeness (QED) is 0.813. The van der Waals surface area contributed by atoms with Gasteiger partial charge in [-0.15, -0.1) is 24.8 Å². The minimum atomic E-state index is 0. The summed E-state index contributed by atoms with van der Waals surface area (Å²) in [6.07, 6.45) is 3.40. The van der Waals surface area contributed by atoms with Crippen molar-refractivity contribution < 1.29 is 4.79 Å². The standard InChI is InChI=1S/C12H23N3O.2ClH/c1-15-6-4-10(9-15)7-14-12(16)11-3-2-5-13-8-11;;/h10-11,13H,2-9H2,1H3,(H,14,16);2*1H. The molecule has 0 radical (unpaired) electrons. The molecule has 2 heterocycles. The molecule has 2 aliphatic heterocycles. The highest BCUT2D eigenvalue weighted by Gasteiger charge is 2.23. The number of likely N-dealkylation sites (tertiary alicyclic amines) is 1. The van der Waals surface area contributed by atoms with Gasteiger partial charge in [-0.3, -0.25) is 4.79 Å². The summed E-state index contributed by atoms with van der Waals surface area (Å²) in [5.74, 6) is 1.11. The molecule has 2 N–H and O–H groups in total. The van der Waals surface area contributed by atoms with Crippen LogP contribution in [-0.2, 0) is 4.79 Å². The molecular formula is C12H25Cl2N3O. The molecule has 6 heteroatoms. The van der Waals surface area contributed by atoms with Crippen molar-refractivity contribution in [1.29, 1.82) is 0 Å². The van der Waals surface area contributed by atoms with E-state index >= 15 is 0 Å². The van der Waals surface area contributed by atoms with Crippen molar-refractivity contribution in [2.75, 3.05) is 39.8 Å². The fourth-order valence-electron chi connectivity index (χ4n) is 2.66. The van der Waals surface area contributed by atoms with Crippen molar-refractivity contribution in [3.8, 4) is 0 Å². The molecule has 0 saturated carbocycles. The van der Waals surface area contributed by atoms with Gasteiger partial charge in [0.15, 0.2) is 0 Å². The lowest BCUT2D eigenvalue weighted by molar-refractivity contribution is -0.125. The van der Waals surface area contributed by atoms with Gasteiger partial charge >= 0.3 is 0 Å². The van der Waals surface area contributed by atoms with Gasteiger partial charge in [-0.25, -0.2) is 0 Å². The number of piperidine rings is 1. The van der Waals surface area contributed by atoms with Gasteiger partial charge in [0.25, 0.3) is 0 Å². The second-order valence-electron chi connectivity index (χ2n) is 5.21. The number of amides is 1. The molecule has 108 valence electrons. The molecule has 2 saturated heterocycles. The van der Waals surface area contributed by atoms with Crippen LogP contribution in [0.15, 0.2) is 0 Å². The Kier molecular flexibility index (Phi) is 8.95. The van der Waals surface area contributed by atoms with Crippen LogP contribution >= 0.6 is 24.8 Å². The van der Waals surface area contributed by atoms with E-state index in [4.69, 9.17) is 0 Å². The van der Waals surface area contributed by atoms with Crippen LogP contribution in [-0.4, -0.2) is 50.6 Å². The largest absolute Gasteiger partial charge is 0.355 e. The van der Waals surface area contributed by atoms with Crippen molar-refractivity contribution in [2.45, 2.75) is 19.3 Å². The first-order chi connectivity index (χ1) is 7.75. The third-order valence-electron chi connectivity index (χ3n) is 3.72. The van der Waals surface area contributed by atoms with Crippen LogP contribution in [0.5, 0.6) is 0 Å². The van der Waals surface area contributed by atoms with Crippen LogP contribution in [0, 0.1) is 11.8 Å². The molecule has 2 rings (SSSR count). The van der Waals surface area contributed by atoms with Gasteiger partial charge in [-0.05, 0) is 45.3 Å². The summed E-state index contributed by atoms with van der Waals surface area (Å²) in [5.41, 5.74) is 0. The zero-order valence-corrected chi connectivity index (χ0v) is 12.6. The Hall–Kier alpha value is -0.0300. The van der Waals surface area contributed by atoms with E-state index < -0.39 is 0 Å². The van der Waals surface area contributed by atoms with Crippen LogP contribution in [0.25, 0.3) is 0 Å². The number of carbonyl (C=O) groups excluding carboxylic acids is 1. The van der Waals surface area contributed by atoms with Crippen molar-refractivity contribution in [3.05, 3.63) is 0 Å². The molecule has 0 aromatic carbocycles. The Morgan fingerprint density at radius 2 is 2.17 bits per heavy atom. The molecule has 2 atom stereocenters. The van der Waals surface area contributed by atoms with E-state index in [2.05, 4.69) is 22.6 Å². The Bertz CT molecular complexity index is 247. The van der Waals surface area contributed by atoms with Crippen LogP contribution in [0.4, 0.5) is 0 Å². The van der Waals surface area contributed by atoms with Crippen LogP contribution in [0.1, 0.15) is 19.3 Å². The molecule has 18 heavy (non-hydrogen) atoms. The summed E-state index contributed by atoms with van der Waals surface area (Å²) in [5, 5.41) is 6.39. The Morgan fingerprint density at radius 1 is 1.39 bits per heavy atom. The molecule has 4 nitrogen and oxygen atoms in total. The third-order valence-corrected chi connectivity index (χ3v) is 3.72. The number of carbonyl (C=O) groups is 1. The molecule has 1 amide bonds. The van der Waals surface area contributed by atoms with Gasteiger partial charge in [0.2, 0.25) is 5.91 Å². The Morgan fingerprint density at radius 3 is 2.72 bits per heavy atom. The molecule has 0 bridgehead atoms. The number of halogens is 2. The van der Waals surface area contributed by atoms with Gasteiger partial charge in [-0.2, -0.15) is 0 Å². The highest BCUT2D eigenvalue weighted by molar-refractivity contribution is 5.85. The van der Waals surface area contributed by atoms with Gasteiger partial charge in [-0.1, -0.05) is 0 Å². The fourth-order valence-corrected chi connectivity index (χ4v) is 2.66. The first-order valence-electron chi connectivity index (χ1n) is 6.42. The van der Waals surface area contributed by atoms with Crippen LogP contribution < -0.4 is 10.6 Å². The number of nitrogens with zero attached hydrogens (tertiary/aromatic N) is 1. The van der Waals surface area contributed by atoms with E-state index in [1.807, 2.05) is 0 Å². The molecule has 0 spiro atoms. The predicted octanol–water partition coefficient (Wildman–Crippen LogP) is 0.897. The molecule has 0 aromatic heterocycles. The maximum absolute atomic E-state index is 11.9. The fraction of sp³-hybridized carbons (Fsp3) is 0.917. The minimum Gasteiger partial charge on any atom is -0.355 e. The molecule has 0 aromatic rings.